The molecule has 1 atom stereocenters. The number of nitrogens with zero attached hydrogens (tertiary/aromatic N) is 5. The lowest BCUT2D eigenvalue weighted by molar-refractivity contribution is -0.113. The molecule has 0 bridgehead atoms. The number of hydrogen-bond acceptors (Lipinski definition) is 8. The van der Waals surface area contributed by atoms with E-state index in [0.717, 1.165) is 34.6 Å². The second-order valence-corrected chi connectivity index (χ2v) is 9.55. The Kier molecular flexibility index (Phi) is 4.33. The fraction of sp³-hybridized carbons (Fsp3) is 0.353. The quantitative estimate of drug-likeness (QED) is 0.511. The maximum Gasteiger partial charge on any atom is 0.236 e. The molecule has 1 aliphatic carbocycles. The first-order chi connectivity index (χ1) is 13.2. The Bertz CT molecular complexity index is 1130. The van der Waals surface area contributed by atoms with Crippen molar-refractivity contribution in [2.75, 3.05) is 11.1 Å². The first kappa shape index (κ1) is 17.1. The van der Waals surface area contributed by atoms with E-state index in [4.69, 9.17) is 0 Å². The van der Waals surface area contributed by atoms with Crippen molar-refractivity contribution >= 4 is 61.3 Å². The minimum atomic E-state index is -0.109. The molecule has 0 radical (unpaired) electrons. The van der Waals surface area contributed by atoms with E-state index in [2.05, 4.69) is 32.4 Å². The Balaban J connectivity index is 1.43. The Morgan fingerprint density at radius 1 is 1.41 bits per heavy atom. The highest BCUT2D eigenvalue weighted by molar-refractivity contribution is 7.99. The smallest absolute Gasteiger partial charge is 0.236 e. The summed E-state index contributed by atoms with van der Waals surface area (Å²) in [5.74, 6) is 0.863. The Morgan fingerprint density at radius 3 is 3.19 bits per heavy atom. The van der Waals surface area contributed by atoms with Crippen LogP contribution in [0.3, 0.4) is 0 Å². The highest BCUT2D eigenvalue weighted by Crippen LogP contribution is 2.39. The molecule has 1 amide bonds. The second-order valence-electron chi connectivity index (χ2n) is 6.63. The molecule has 0 saturated carbocycles. The van der Waals surface area contributed by atoms with Gasteiger partial charge in [-0.05, 0) is 30.7 Å². The fourth-order valence-corrected chi connectivity index (χ4v) is 5.98. The Hall–Kier alpha value is -2.04. The number of fused-ring (bicyclic) bond motifs is 5. The zero-order valence-corrected chi connectivity index (χ0v) is 17.0. The number of hydrogen-bond donors (Lipinski definition) is 1. The van der Waals surface area contributed by atoms with Crippen LogP contribution in [0.25, 0.3) is 15.9 Å². The van der Waals surface area contributed by atoms with E-state index < -0.39 is 0 Å². The molecule has 4 aromatic heterocycles. The van der Waals surface area contributed by atoms with Gasteiger partial charge in [0, 0.05) is 16.5 Å². The molecule has 1 N–H and O–H groups in total. The zero-order valence-electron chi connectivity index (χ0n) is 14.5. The number of thiophene rings is 1. The molecule has 5 rings (SSSR count). The molecule has 4 aromatic rings. The molecule has 0 fully saturated rings. The average molecular weight is 417 g/mol. The van der Waals surface area contributed by atoms with Gasteiger partial charge in [-0.1, -0.05) is 18.7 Å². The first-order valence-electron chi connectivity index (χ1n) is 8.65. The summed E-state index contributed by atoms with van der Waals surface area (Å²) in [6.07, 6.45) is 6.83. The number of anilines is 1. The van der Waals surface area contributed by atoms with Gasteiger partial charge in [-0.15, -0.1) is 32.9 Å². The van der Waals surface area contributed by atoms with Gasteiger partial charge in [-0.3, -0.25) is 9.20 Å². The minimum Gasteiger partial charge on any atom is -0.301 e. The van der Waals surface area contributed by atoms with Crippen molar-refractivity contribution in [1.29, 1.82) is 0 Å². The largest absolute Gasteiger partial charge is 0.301 e. The molecule has 10 heteroatoms. The molecule has 0 aromatic carbocycles. The van der Waals surface area contributed by atoms with Crippen LogP contribution >= 0.6 is 34.4 Å². The molecule has 4 heterocycles. The van der Waals surface area contributed by atoms with Gasteiger partial charge in [-0.25, -0.2) is 9.97 Å². The number of amides is 1. The van der Waals surface area contributed by atoms with E-state index in [1.807, 2.05) is 9.78 Å². The van der Waals surface area contributed by atoms with Crippen LogP contribution in [0.4, 0.5) is 5.13 Å². The molecule has 0 unspecified atom stereocenters. The molecule has 0 spiro atoms. The molecule has 7 nitrogen and oxygen atoms in total. The maximum atomic E-state index is 12.1. The van der Waals surface area contributed by atoms with Gasteiger partial charge in [0.25, 0.3) is 0 Å². The van der Waals surface area contributed by atoms with Gasteiger partial charge in [0.1, 0.15) is 11.2 Å². The highest BCUT2D eigenvalue weighted by Gasteiger charge is 2.24. The van der Waals surface area contributed by atoms with Crippen LogP contribution in [0.5, 0.6) is 0 Å². The van der Waals surface area contributed by atoms with Crippen molar-refractivity contribution in [2.24, 2.45) is 5.92 Å². The predicted octanol–water partition coefficient (Wildman–Crippen LogP) is 3.65. The first-order valence-corrected chi connectivity index (χ1v) is 11.3. The number of aryl methyl sites for hydroxylation is 1. The summed E-state index contributed by atoms with van der Waals surface area (Å²) in [5, 5.41) is 15.7. The topological polar surface area (TPSA) is 85.1 Å². The number of rotatable bonds is 4. The number of nitrogens with one attached hydrogen (secondary N) is 1. The minimum absolute atomic E-state index is 0.109. The summed E-state index contributed by atoms with van der Waals surface area (Å²) < 4.78 is 1.90. The van der Waals surface area contributed by atoms with E-state index >= 15 is 0 Å². The normalized spacial score (nSPS) is 16.7. The molecule has 0 aliphatic heterocycles. The van der Waals surface area contributed by atoms with Crippen molar-refractivity contribution in [3.63, 3.8) is 0 Å². The molecule has 138 valence electrons. The van der Waals surface area contributed by atoms with E-state index in [0.29, 0.717) is 10.3 Å². The van der Waals surface area contributed by atoms with Gasteiger partial charge >= 0.3 is 0 Å². The van der Waals surface area contributed by atoms with E-state index in [9.17, 15) is 4.79 Å². The zero-order chi connectivity index (χ0) is 18.4. The van der Waals surface area contributed by atoms with Crippen molar-refractivity contribution in [3.05, 3.63) is 28.3 Å². The lowest BCUT2D eigenvalue weighted by atomic mass is 9.89. The third-order valence-electron chi connectivity index (χ3n) is 4.68. The second kappa shape index (κ2) is 6.84. The van der Waals surface area contributed by atoms with E-state index in [1.165, 1.54) is 40.0 Å². The van der Waals surface area contributed by atoms with Crippen LogP contribution in [0.2, 0.25) is 0 Å². The van der Waals surface area contributed by atoms with Gasteiger partial charge < -0.3 is 5.32 Å². The molecule has 0 saturated heterocycles. The summed E-state index contributed by atoms with van der Waals surface area (Å²) in [6.45, 7) is 2.30. The average Bonchev–Trinajstić information content (AvgIpc) is 3.37. The van der Waals surface area contributed by atoms with Crippen molar-refractivity contribution < 1.29 is 4.79 Å². The van der Waals surface area contributed by atoms with Crippen molar-refractivity contribution in [1.82, 2.24) is 24.6 Å². The maximum absolute atomic E-state index is 12.1. The summed E-state index contributed by atoms with van der Waals surface area (Å²) >= 11 is 4.53. The van der Waals surface area contributed by atoms with Crippen LogP contribution in [0.15, 0.2) is 23.1 Å². The lowest BCUT2D eigenvalue weighted by Crippen LogP contribution is -2.14. The summed E-state index contributed by atoms with van der Waals surface area (Å²) in [6, 6.07) is 0. The summed E-state index contributed by atoms with van der Waals surface area (Å²) in [7, 11) is 0. The van der Waals surface area contributed by atoms with Gasteiger partial charge in [0.05, 0.1) is 11.1 Å². The Morgan fingerprint density at radius 2 is 2.33 bits per heavy atom. The summed E-state index contributed by atoms with van der Waals surface area (Å²) in [4.78, 5) is 23.3. The third kappa shape index (κ3) is 3.11. The van der Waals surface area contributed by atoms with E-state index in [-0.39, 0.29) is 11.7 Å². The molecule has 27 heavy (non-hydrogen) atoms. The summed E-state index contributed by atoms with van der Waals surface area (Å²) in [5.41, 5.74) is 2.23. The number of thiazole rings is 1. The highest BCUT2D eigenvalue weighted by atomic mass is 32.2. The van der Waals surface area contributed by atoms with Crippen LogP contribution in [-0.4, -0.2) is 36.2 Å². The van der Waals surface area contributed by atoms with Crippen molar-refractivity contribution in [3.8, 4) is 0 Å². The van der Waals surface area contributed by atoms with Gasteiger partial charge in [-0.2, -0.15) is 0 Å². The van der Waals surface area contributed by atoms with Gasteiger partial charge in [0.15, 0.2) is 15.9 Å². The van der Waals surface area contributed by atoms with Crippen LogP contribution in [0.1, 0.15) is 23.8 Å². The predicted molar refractivity (Wildman–Crippen MR) is 109 cm³/mol. The lowest BCUT2D eigenvalue weighted by Gasteiger charge is -2.17. The van der Waals surface area contributed by atoms with Crippen LogP contribution in [-0.2, 0) is 17.6 Å². The number of thioether (sulfide) groups is 1. The fourth-order valence-electron chi connectivity index (χ4n) is 3.39. The SMILES string of the molecule is C[C@H]1CCc2c(sc3ncn4c(SCC(=O)Nc5nccs5)nnc4c23)C1. The van der Waals surface area contributed by atoms with E-state index in [1.54, 1.807) is 23.9 Å². The standard InChI is InChI=1S/C17H16N6OS3/c1-9-2-3-10-11(6-9)27-15-13(10)14-21-22-17(23(14)8-19-15)26-7-12(24)20-16-18-4-5-25-16/h4-5,8-9H,2-3,6-7H2,1H3,(H,18,20,24)/t9-/m0/s1. The van der Waals surface area contributed by atoms with Crippen molar-refractivity contribution in [2.45, 2.75) is 31.3 Å². The third-order valence-corrected chi connectivity index (χ3v) is 7.48. The molecule has 1 aliphatic rings. The monoisotopic (exact) mass is 416 g/mol. The number of carbonyl (C=O) groups is 1. The van der Waals surface area contributed by atoms with Crippen LogP contribution < -0.4 is 5.32 Å². The Labute approximate surface area is 167 Å². The van der Waals surface area contributed by atoms with Gasteiger partial charge in [0.2, 0.25) is 5.91 Å². The molecular weight excluding hydrogens is 400 g/mol. The van der Waals surface area contributed by atoms with Crippen LogP contribution in [0, 0.1) is 5.92 Å². The molecular formula is C17H16N6OS3. The number of carbonyl (C=O) groups excluding carboxylic acids is 1. The number of aromatic nitrogens is 5.